The highest BCUT2D eigenvalue weighted by Crippen LogP contribution is 2.32. The van der Waals surface area contributed by atoms with Gasteiger partial charge in [0, 0.05) is 44.7 Å². The van der Waals surface area contributed by atoms with Crippen LogP contribution >= 0.6 is 0 Å². The lowest BCUT2D eigenvalue weighted by Gasteiger charge is -2.37. The topological polar surface area (TPSA) is 148 Å². The van der Waals surface area contributed by atoms with Crippen molar-refractivity contribution < 1.29 is 32.3 Å². The van der Waals surface area contributed by atoms with Crippen LogP contribution in [-0.2, 0) is 17.4 Å². The first kappa shape index (κ1) is 30.4. The lowest BCUT2D eigenvalue weighted by atomic mass is 9.93. The minimum Gasteiger partial charge on any atom is -0.475 e. The van der Waals surface area contributed by atoms with Crippen LogP contribution in [0.25, 0.3) is 16.8 Å². The van der Waals surface area contributed by atoms with Crippen LogP contribution in [0, 0.1) is 0 Å². The predicted octanol–water partition coefficient (Wildman–Crippen LogP) is 2.85. The van der Waals surface area contributed by atoms with Gasteiger partial charge in [0.1, 0.15) is 11.2 Å². The summed E-state index contributed by atoms with van der Waals surface area (Å²) in [6, 6.07) is 1.90. The molecule has 1 aliphatic heterocycles. The number of anilines is 1. The molecular weight excluding hydrogens is 564 g/mol. The quantitative estimate of drug-likeness (QED) is 0.333. The first-order valence-corrected chi connectivity index (χ1v) is 12.8. The number of alkyl halides is 4. The number of nitrogens with one attached hydrogen (secondary N) is 1. The second-order valence-electron chi connectivity index (χ2n) is 10.9. The number of aromatic nitrogens is 8. The van der Waals surface area contributed by atoms with Crippen LogP contribution in [-0.4, -0.2) is 87.8 Å². The van der Waals surface area contributed by atoms with Gasteiger partial charge in [-0.2, -0.15) is 23.4 Å². The van der Waals surface area contributed by atoms with E-state index in [9.17, 15) is 18.0 Å². The number of aliphatic carboxylic acids is 1. The predicted molar refractivity (Wildman–Crippen MR) is 142 cm³/mol. The largest absolute Gasteiger partial charge is 0.490 e. The number of carboxylic acids is 1. The molecule has 0 spiro atoms. The lowest BCUT2D eigenvalue weighted by Crippen LogP contribution is -2.48. The second-order valence-corrected chi connectivity index (χ2v) is 10.9. The Bertz CT molecular complexity index is 1560. The SMILES string of the molecule is Cn1cc(-c2cn3nccc3c(N3CCC(F)(CNC(=O)c4cn(C(C)(C)C)nn4)CC3)n2)cn1.O=C(O)C(F)(F)F. The summed E-state index contributed by atoms with van der Waals surface area (Å²) in [5.74, 6) is -2.42. The summed E-state index contributed by atoms with van der Waals surface area (Å²) in [6.45, 7) is 6.76. The van der Waals surface area contributed by atoms with Crippen molar-refractivity contribution >= 4 is 23.2 Å². The molecule has 226 valence electrons. The third kappa shape index (κ3) is 7.01. The molecule has 0 saturated carbocycles. The third-order valence-electron chi connectivity index (χ3n) is 6.55. The number of carbonyl (C=O) groups excluding carboxylic acids is 1. The van der Waals surface area contributed by atoms with E-state index < -0.39 is 23.7 Å². The fraction of sp³-hybridized carbons (Fsp3) is 0.480. The fourth-order valence-electron chi connectivity index (χ4n) is 4.16. The van der Waals surface area contributed by atoms with Crippen LogP contribution in [0.15, 0.2) is 37.1 Å². The van der Waals surface area contributed by atoms with Gasteiger partial charge in [0.15, 0.2) is 11.5 Å². The number of carboxylic acid groups (broad SMARTS) is 1. The van der Waals surface area contributed by atoms with Gasteiger partial charge in [-0.25, -0.2) is 23.4 Å². The van der Waals surface area contributed by atoms with E-state index in [2.05, 4.69) is 30.7 Å². The number of amides is 1. The van der Waals surface area contributed by atoms with E-state index in [1.54, 1.807) is 32.5 Å². The molecule has 42 heavy (non-hydrogen) atoms. The molecule has 0 radical (unpaired) electrons. The molecule has 0 bridgehead atoms. The van der Waals surface area contributed by atoms with Gasteiger partial charge >= 0.3 is 12.1 Å². The minimum absolute atomic E-state index is 0.0761. The number of piperidine rings is 1. The number of halogens is 4. The van der Waals surface area contributed by atoms with Crippen LogP contribution in [0.1, 0.15) is 44.1 Å². The molecule has 5 heterocycles. The number of rotatable bonds is 5. The molecule has 13 nitrogen and oxygen atoms in total. The van der Waals surface area contributed by atoms with Gasteiger partial charge in [-0.05, 0) is 26.8 Å². The van der Waals surface area contributed by atoms with Gasteiger partial charge in [0.25, 0.3) is 5.91 Å². The zero-order valence-electron chi connectivity index (χ0n) is 23.3. The average Bonchev–Trinajstić information content (AvgIpc) is 3.67. The summed E-state index contributed by atoms with van der Waals surface area (Å²) < 4.78 is 52.5. The standard InChI is InChI=1S/C23H29FN10O.C2HF3O2/c1-22(2,3)34-14-18(29-30-34)21(35)25-15-23(24)6-9-32(10-7-23)20-19-5-8-26-33(19)13-17(28-20)16-11-27-31(4)12-16;3-2(4,5)1(6)7/h5,8,11-14H,6-7,9-10,15H2,1-4H3,(H,25,35);(H,6,7). The Morgan fingerprint density at radius 2 is 1.76 bits per heavy atom. The van der Waals surface area contributed by atoms with Crippen molar-refractivity contribution in [3.05, 3.63) is 42.7 Å². The minimum atomic E-state index is -5.08. The number of nitrogens with zero attached hydrogens (tertiary/aromatic N) is 9. The van der Waals surface area contributed by atoms with Crippen molar-refractivity contribution in [2.24, 2.45) is 7.05 Å². The van der Waals surface area contributed by atoms with Crippen molar-refractivity contribution in [2.75, 3.05) is 24.5 Å². The summed E-state index contributed by atoms with van der Waals surface area (Å²) >= 11 is 0. The van der Waals surface area contributed by atoms with Gasteiger partial charge in [0.2, 0.25) is 0 Å². The Balaban J connectivity index is 0.000000517. The molecule has 0 aliphatic carbocycles. The van der Waals surface area contributed by atoms with Crippen molar-refractivity contribution in [2.45, 2.75) is 51.0 Å². The average molecular weight is 595 g/mol. The molecule has 1 aliphatic rings. The van der Waals surface area contributed by atoms with E-state index in [0.29, 0.717) is 13.1 Å². The number of carbonyl (C=O) groups is 2. The maximum atomic E-state index is 15.6. The molecule has 4 aromatic rings. The Kier molecular flexibility index (Phi) is 8.22. The normalized spacial score (nSPS) is 15.3. The molecule has 1 amide bonds. The van der Waals surface area contributed by atoms with E-state index in [1.807, 2.05) is 46.3 Å². The van der Waals surface area contributed by atoms with Crippen molar-refractivity contribution in [3.63, 3.8) is 0 Å². The highest BCUT2D eigenvalue weighted by Gasteiger charge is 2.38. The van der Waals surface area contributed by atoms with Gasteiger partial charge in [-0.1, -0.05) is 5.21 Å². The summed E-state index contributed by atoms with van der Waals surface area (Å²) in [5, 5.41) is 26.4. The maximum absolute atomic E-state index is 15.6. The second kappa shape index (κ2) is 11.4. The first-order valence-electron chi connectivity index (χ1n) is 12.8. The van der Waals surface area contributed by atoms with E-state index in [4.69, 9.17) is 14.9 Å². The molecule has 2 N–H and O–H groups in total. The van der Waals surface area contributed by atoms with Gasteiger partial charge in [-0.15, -0.1) is 5.10 Å². The zero-order valence-corrected chi connectivity index (χ0v) is 23.3. The Labute approximate surface area is 237 Å². The molecule has 1 fully saturated rings. The van der Waals surface area contributed by atoms with Crippen LogP contribution < -0.4 is 10.2 Å². The van der Waals surface area contributed by atoms with E-state index >= 15 is 4.39 Å². The Morgan fingerprint density at radius 3 is 2.31 bits per heavy atom. The molecule has 17 heteroatoms. The molecule has 5 rings (SSSR count). The van der Waals surface area contributed by atoms with Gasteiger partial charge < -0.3 is 15.3 Å². The Morgan fingerprint density at radius 1 is 1.10 bits per heavy atom. The molecule has 0 atom stereocenters. The van der Waals surface area contributed by atoms with E-state index in [0.717, 1.165) is 22.6 Å². The van der Waals surface area contributed by atoms with Crippen molar-refractivity contribution in [1.82, 2.24) is 44.7 Å². The van der Waals surface area contributed by atoms with E-state index in [-0.39, 0.29) is 30.6 Å². The lowest BCUT2D eigenvalue weighted by molar-refractivity contribution is -0.192. The van der Waals surface area contributed by atoms with Crippen molar-refractivity contribution in [3.8, 4) is 11.3 Å². The molecular formula is C25H30F4N10O3. The van der Waals surface area contributed by atoms with Crippen LogP contribution in [0.2, 0.25) is 0 Å². The number of fused-ring (bicyclic) bond motifs is 1. The van der Waals surface area contributed by atoms with Crippen LogP contribution in [0.5, 0.6) is 0 Å². The summed E-state index contributed by atoms with van der Waals surface area (Å²) in [7, 11) is 1.85. The fourth-order valence-corrected chi connectivity index (χ4v) is 4.16. The number of hydrogen-bond donors (Lipinski definition) is 2. The van der Waals surface area contributed by atoms with Crippen LogP contribution in [0.4, 0.5) is 23.4 Å². The Hall–Kier alpha value is -4.57. The maximum Gasteiger partial charge on any atom is 0.490 e. The first-order chi connectivity index (χ1) is 19.6. The molecule has 0 aromatic carbocycles. The number of hydrogen-bond acceptors (Lipinski definition) is 8. The van der Waals surface area contributed by atoms with Crippen LogP contribution in [0.3, 0.4) is 0 Å². The smallest absolute Gasteiger partial charge is 0.475 e. The van der Waals surface area contributed by atoms with Gasteiger partial charge in [0.05, 0.1) is 42.6 Å². The monoisotopic (exact) mass is 594 g/mol. The molecule has 4 aromatic heterocycles. The molecule has 1 saturated heterocycles. The number of aryl methyl sites for hydroxylation is 1. The van der Waals surface area contributed by atoms with Crippen molar-refractivity contribution in [1.29, 1.82) is 0 Å². The third-order valence-corrected chi connectivity index (χ3v) is 6.55. The highest BCUT2D eigenvalue weighted by atomic mass is 19.4. The summed E-state index contributed by atoms with van der Waals surface area (Å²) in [6.07, 6.45) is 4.27. The zero-order chi connectivity index (χ0) is 30.9. The summed E-state index contributed by atoms with van der Waals surface area (Å²) in [4.78, 5) is 28.4. The highest BCUT2D eigenvalue weighted by molar-refractivity contribution is 5.91. The molecule has 0 unspecified atom stereocenters. The van der Waals surface area contributed by atoms with E-state index in [1.165, 1.54) is 0 Å². The van der Waals surface area contributed by atoms with Gasteiger partial charge in [-0.3, -0.25) is 9.48 Å². The summed E-state index contributed by atoms with van der Waals surface area (Å²) in [5.41, 5.74) is 0.873.